The molecule has 88 valence electrons. The van der Waals surface area contributed by atoms with Crippen LogP contribution in [0.3, 0.4) is 0 Å². The number of anilines is 1. The number of hydrogen-bond acceptors (Lipinski definition) is 3. The molecule has 0 radical (unpaired) electrons. The summed E-state index contributed by atoms with van der Waals surface area (Å²) >= 11 is 0. The molecule has 5 heteroatoms. The number of carbonyl (C=O) groups excluding carboxylic acids is 1. The highest BCUT2D eigenvalue weighted by molar-refractivity contribution is 5.97. The highest BCUT2D eigenvalue weighted by atomic mass is 16.2. The number of fused-ring (bicyclic) bond motifs is 1. The van der Waals surface area contributed by atoms with Gasteiger partial charge in [-0.2, -0.15) is 0 Å². The van der Waals surface area contributed by atoms with E-state index in [1.54, 1.807) is 6.33 Å². The van der Waals surface area contributed by atoms with Gasteiger partial charge < -0.3 is 15.2 Å². The molecule has 3 rings (SSSR count). The van der Waals surface area contributed by atoms with E-state index in [1.165, 1.54) is 0 Å². The molecule has 0 aliphatic carbocycles. The van der Waals surface area contributed by atoms with Crippen molar-refractivity contribution >= 4 is 22.6 Å². The lowest BCUT2D eigenvalue weighted by Crippen LogP contribution is -2.30. The molecule has 2 heterocycles. The number of nitrogens with one attached hydrogen (secondary N) is 2. The van der Waals surface area contributed by atoms with Gasteiger partial charge in [0.05, 0.1) is 17.4 Å². The number of amides is 1. The monoisotopic (exact) mass is 230 g/mol. The summed E-state index contributed by atoms with van der Waals surface area (Å²) in [6.07, 6.45) is 2.23. The summed E-state index contributed by atoms with van der Waals surface area (Å²) in [5.74, 6) is 0.170. The predicted molar refractivity (Wildman–Crippen MR) is 65.9 cm³/mol. The molecular formula is C12H14N4O. The smallest absolute Gasteiger partial charge is 0.228 e. The zero-order chi connectivity index (χ0) is 11.8. The maximum absolute atomic E-state index is 11.9. The highest BCUT2D eigenvalue weighted by Gasteiger charge is 2.29. The third-order valence-corrected chi connectivity index (χ3v) is 3.25. The lowest BCUT2D eigenvalue weighted by molar-refractivity contribution is -0.117. The number of carbonyl (C=O) groups is 1. The first-order valence-corrected chi connectivity index (χ1v) is 5.68. The van der Waals surface area contributed by atoms with Crippen LogP contribution in [0, 0.1) is 0 Å². The molecule has 1 unspecified atom stereocenters. The van der Waals surface area contributed by atoms with Gasteiger partial charge in [-0.25, -0.2) is 4.98 Å². The standard InChI is InChI=1S/C12H14N4O/c1-13-8-4-12(17)16(6-8)9-2-3-10-11(5-9)15-7-14-10/h2-3,5,7-8,13H,4,6H2,1H3,(H,14,15). The minimum absolute atomic E-state index is 0.170. The van der Waals surface area contributed by atoms with Gasteiger partial charge in [-0.15, -0.1) is 0 Å². The molecule has 1 aromatic carbocycles. The van der Waals surface area contributed by atoms with Crippen LogP contribution in [0.2, 0.25) is 0 Å². The van der Waals surface area contributed by atoms with Crippen molar-refractivity contribution < 1.29 is 4.79 Å². The summed E-state index contributed by atoms with van der Waals surface area (Å²) in [7, 11) is 1.89. The van der Waals surface area contributed by atoms with Crippen LogP contribution in [0.5, 0.6) is 0 Å². The molecule has 1 fully saturated rings. The number of nitrogens with zero attached hydrogens (tertiary/aromatic N) is 2. The van der Waals surface area contributed by atoms with Gasteiger partial charge in [0, 0.05) is 24.7 Å². The number of H-pyrrole nitrogens is 1. The average molecular weight is 230 g/mol. The number of aromatic amines is 1. The molecule has 0 spiro atoms. The maximum atomic E-state index is 11.9. The van der Waals surface area contributed by atoms with Crippen LogP contribution in [0.4, 0.5) is 5.69 Å². The number of likely N-dealkylation sites (N-methyl/N-ethyl adjacent to an activating group) is 1. The molecule has 1 amide bonds. The van der Waals surface area contributed by atoms with Crippen LogP contribution >= 0.6 is 0 Å². The fourth-order valence-corrected chi connectivity index (χ4v) is 2.24. The SMILES string of the molecule is CNC1CC(=O)N(c2ccc3nc[nH]c3c2)C1. The second-order valence-electron chi connectivity index (χ2n) is 4.30. The Bertz CT molecular complexity index is 562. The van der Waals surface area contributed by atoms with Crippen LogP contribution in [-0.4, -0.2) is 35.5 Å². The quantitative estimate of drug-likeness (QED) is 0.805. The largest absolute Gasteiger partial charge is 0.345 e. The first kappa shape index (κ1) is 10.3. The Morgan fingerprint density at radius 2 is 2.41 bits per heavy atom. The van der Waals surface area contributed by atoms with E-state index in [2.05, 4.69) is 15.3 Å². The fourth-order valence-electron chi connectivity index (χ4n) is 2.24. The Labute approximate surface area is 98.8 Å². The number of aromatic nitrogens is 2. The zero-order valence-electron chi connectivity index (χ0n) is 9.60. The Hall–Kier alpha value is -1.88. The summed E-state index contributed by atoms with van der Waals surface area (Å²) in [5.41, 5.74) is 2.82. The van der Waals surface area contributed by atoms with E-state index < -0.39 is 0 Å². The van der Waals surface area contributed by atoms with Gasteiger partial charge in [-0.3, -0.25) is 4.79 Å². The van der Waals surface area contributed by atoms with Gasteiger partial charge >= 0.3 is 0 Å². The summed E-state index contributed by atoms with van der Waals surface area (Å²) < 4.78 is 0. The summed E-state index contributed by atoms with van der Waals surface area (Å²) in [6.45, 7) is 0.731. The number of rotatable bonds is 2. The Morgan fingerprint density at radius 1 is 1.53 bits per heavy atom. The lowest BCUT2D eigenvalue weighted by atomic mass is 10.2. The molecule has 17 heavy (non-hydrogen) atoms. The number of imidazole rings is 1. The minimum atomic E-state index is 0.170. The molecule has 1 aromatic heterocycles. The van der Waals surface area contributed by atoms with E-state index in [1.807, 2.05) is 30.1 Å². The summed E-state index contributed by atoms with van der Waals surface area (Å²) in [4.78, 5) is 20.9. The van der Waals surface area contributed by atoms with E-state index in [-0.39, 0.29) is 11.9 Å². The highest BCUT2D eigenvalue weighted by Crippen LogP contribution is 2.24. The average Bonchev–Trinajstić information content (AvgIpc) is 2.93. The van der Waals surface area contributed by atoms with Crippen molar-refractivity contribution in [1.82, 2.24) is 15.3 Å². The Morgan fingerprint density at radius 3 is 3.18 bits per heavy atom. The number of hydrogen-bond donors (Lipinski definition) is 2. The van der Waals surface area contributed by atoms with Gasteiger partial charge in [-0.05, 0) is 25.2 Å². The molecule has 1 aliphatic heterocycles. The summed E-state index contributed by atoms with van der Waals surface area (Å²) in [5, 5.41) is 3.14. The Balaban J connectivity index is 1.95. The van der Waals surface area contributed by atoms with Crippen molar-refractivity contribution in [1.29, 1.82) is 0 Å². The molecular weight excluding hydrogens is 216 g/mol. The third-order valence-electron chi connectivity index (χ3n) is 3.25. The fraction of sp³-hybridized carbons (Fsp3) is 0.333. The normalized spacial score (nSPS) is 20.4. The van der Waals surface area contributed by atoms with E-state index in [4.69, 9.17) is 0 Å². The van der Waals surface area contributed by atoms with Crippen LogP contribution in [-0.2, 0) is 4.79 Å². The minimum Gasteiger partial charge on any atom is -0.345 e. The van der Waals surface area contributed by atoms with Crippen LogP contribution < -0.4 is 10.2 Å². The predicted octanol–water partition coefficient (Wildman–Crippen LogP) is 0.888. The molecule has 0 saturated carbocycles. The van der Waals surface area contributed by atoms with Crippen molar-refractivity contribution in [2.24, 2.45) is 0 Å². The molecule has 1 saturated heterocycles. The van der Waals surface area contributed by atoms with E-state index in [9.17, 15) is 4.79 Å². The van der Waals surface area contributed by atoms with E-state index >= 15 is 0 Å². The molecule has 2 aromatic rings. The molecule has 0 bridgehead atoms. The topological polar surface area (TPSA) is 61.0 Å². The first-order chi connectivity index (χ1) is 8.28. The maximum Gasteiger partial charge on any atom is 0.228 e. The molecule has 2 N–H and O–H groups in total. The van der Waals surface area contributed by atoms with Crippen LogP contribution in [0.15, 0.2) is 24.5 Å². The van der Waals surface area contributed by atoms with Crippen LogP contribution in [0.1, 0.15) is 6.42 Å². The Kier molecular flexibility index (Phi) is 2.33. The second kappa shape index (κ2) is 3.85. The number of benzene rings is 1. The molecule has 1 aliphatic rings. The summed E-state index contributed by atoms with van der Waals surface area (Å²) in [6, 6.07) is 6.10. The van der Waals surface area contributed by atoms with Crippen molar-refractivity contribution in [3.63, 3.8) is 0 Å². The third kappa shape index (κ3) is 1.68. The van der Waals surface area contributed by atoms with Crippen molar-refractivity contribution in [2.45, 2.75) is 12.5 Å². The van der Waals surface area contributed by atoms with Crippen molar-refractivity contribution in [3.05, 3.63) is 24.5 Å². The molecule has 5 nitrogen and oxygen atoms in total. The second-order valence-corrected chi connectivity index (χ2v) is 4.30. The van der Waals surface area contributed by atoms with E-state index in [0.29, 0.717) is 6.42 Å². The van der Waals surface area contributed by atoms with Gasteiger partial charge in [0.1, 0.15) is 0 Å². The first-order valence-electron chi connectivity index (χ1n) is 5.68. The zero-order valence-corrected chi connectivity index (χ0v) is 9.60. The van der Waals surface area contributed by atoms with Crippen molar-refractivity contribution in [2.75, 3.05) is 18.5 Å². The van der Waals surface area contributed by atoms with Gasteiger partial charge in [-0.1, -0.05) is 0 Å². The van der Waals surface area contributed by atoms with E-state index in [0.717, 1.165) is 23.3 Å². The van der Waals surface area contributed by atoms with Crippen LogP contribution in [0.25, 0.3) is 11.0 Å². The van der Waals surface area contributed by atoms with Gasteiger partial charge in [0.25, 0.3) is 0 Å². The lowest BCUT2D eigenvalue weighted by Gasteiger charge is -2.16. The van der Waals surface area contributed by atoms with Crippen molar-refractivity contribution in [3.8, 4) is 0 Å². The van der Waals surface area contributed by atoms with Gasteiger partial charge in [0.2, 0.25) is 5.91 Å². The molecule has 1 atom stereocenters. The van der Waals surface area contributed by atoms with Gasteiger partial charge in [0.15, 0.2) is 0 Å².